The van der Waals surface area contributed by atoms with Gasteiger partial charge in [-0.3, -0.25) is 4.79 Å². The quantitative estimate of drug-likeness (QED) is 0.635. The average molecular weight is 275 g/mol. The van der Waals surface area contributed by atoms with Crippen molar-refractivity contribution in [2.24, 2.45) is 0 Å². The van der Waals surface area contributed by atoms with E-state index in [1.165, 1.54) is 0 Å². The van der Waals surface area contributed by atoms with Crippen LogP contribution in [0.1, 0.15) is 53.4 Å². The standard InChI is InChI=1S/C13H25NO3S/c1-5-7-9-18-10(3)11(15)14-13(4,8-6-2)12(16)17/h10H,5-9H2,1-4H3,(H,14,15)(H,16,17). The summed E-state index contributed by atoms with van der Waals surface area (Å²) >= 11 is 1.57. The molecule has 0 bridgehead atoms. The highest BCUT2D eigenvalue weighted by Crippen LogP contribution is 2.17. The average Bonchev–Trinajstić information content (AvgIpc) is 2.29. The first-order valence-electron chi connectivity index (χ1n) is 6.54. The fourth-order valence-electron chi connectivity index (χ4n) is 1.58. The topological polar surface area (TPSA) is 66.4 Å². The predicted molar refractivity (Wildman–Crippen MR) is 75.9 cm³/mol. The van der Waals surface area contributed by atoms with Crippen molar-refractivity contribution in [3.05, 3.63) is 0 Å². The molecule has 18 heavy (non-hydrogen) atoms. The summed E-state index contributed by atoms with van der Waals surface area (Å²) in [4.78, 5) is 23.1. The Morgan fingerprint density at radius 3 is 2.39 bits per heavy atom. The van der Waals surface area contributed by atoms with Gasteiger partial charge in [0.25, 0.3) is 0 Å². The van der Waals surface area contributed by atoms with Gasteiger partial charge in [0.2, 0.25) is 5.91 Å². The Labute approximate surface area is 114 Å². The van der Waals surface area contributed by atoms with Crippen molar-refractivity contribution in [1.82, 2.24) is 5.32 Å². The first-order valence-corrected chi connectivity index (χ1v) is 7.59. The molecular formula is C13H25NO3S. The molecule has 2 atom stereocenters. The van der Waals surface area contributed by atoms with Crippen LogP contribution in [-0.4, -0.2) is 33.5 Å². The van der Waals surface area contributed by atoms with Crippen LogP contribution < -0.4 is 5.32 Å². The summed E-state index contributed by atoms with van der Waals surface area (Å²) in [5, 5.41) is 11.6. The second-order valence-corrected chi connectivity index (χ2v) is 6.19. The lowest BCUT2D eigenvalue weighted by atomic mass is 9.96. The summed E-state index contributed by atoms with van der Waals surface area (Å²) in [7, 11) is 0. The van der Waals surface area contributed by atoms with Crippen molar-refractivity contribution in [2.75, 3.05) is 5.75 Å². The molecule has 0 aromatic rings. The monoisotopic (exact) mass is 275 g/mol. The Bertz CT molecular complexity index is 283. The molecule has 2 unspecified atom stereocenters. The zero-order chi connectivity index (χ0) is 14.2. The number of carboxylic acid groups (broad SMARTS) is 1. The number of hydrogen-bond donors (Lipinski definition) is 2. The van der Waals surface area contributed by atoms with Crippen LogP contribution in [0.15, 0.2) is 0 Å². The van der Waals surface area contributed by atoms with E-state index in [1.807, 2.05) is 13.8 Å². The third-order valence-corrected chi connectivity index (χ3v) is 4.09. The number of hydrogen-bond acceptors (Lipinski definition) is 3. The minimum atomic E-state index is -1.15. The van der Waals surface area contributed by atoms with E-state index in [0.717, 1.165) is 25.0 Å². The maximum absolute atomic E-state index is 11.9. The fraction of sp³-hybridized carbons (Fsp3) is 0.846. The van der Waals surface area contributed by atoms with E-state index in [1.54, 1.807) is 18.7 Å². The van der Waals surface area contributed by atoms with Crippen molar-refractivity contribution in [1.29, 1.82) is 0 Å². The van der Waals surface area contributed by atoms with Crippen molar-refractivity contribution in [2.45, 2.75) is 64.2 Å². The van der Waals surface area contributed by atoms with Gasteiger partial charge in [0.15, 0.2) is 0 Å². The van der Waals surface area contributed by atoms with Crippen LogP contribution in [-0.2, 0) is 9.59 Å². The molecule has 0 heterocycles. The van der Waals surface area contributed by atoms with Crippen LogP contribution in [0.25, 0.3) is 0 Å². The van der Waals surface area contributed by atoms with E-state index < -0.39 is 11.5 Å². The van der Waals surface area contributed by atoms with Crippen LogP contribution in [0, 0.1) is 0 Å². The maximum Gasteiger partial charge on any atom is 0.329 e. The molecule has 1 amide bonds. The Balaban J connectivity index is 4.37. The van der Waals surface area contributed by atoms with Crippen LogP contribution >= 0.6 is 11.8 Å². The lowest BCUT2D eigenvalue weighted by Crippen LogP contribution is -2.54. The fourth-order valence-corrected chi connectivity index (χ4v) is 2.60. The predicted octanol–water partition coefficient (Wildman–Crippen LogP) is 2.67. The minimum Gasteiger partial charge on any atom is -0.480 e. The maximum atomic E-state index is 11.9. The van der Waals surface area contributed by atoms with Gasteiger partial charge in [-0.05, 0) is 32.4 Å². The molecule has 0 aliphatic carbocycles. The summed E-state index contributed by atoms with van der Waals surface area (Å²) in [6.07, 6.45) is 3.35. The molecular weight excluding hydrogens is 250 g/mol. The molecule has 0 spiro atoms. The smallest absolute Gasteiger partial charge is 0.329 e. The van der Waals surface area contributed by atoms with E-state index >= 15 is 0 Å². The number of carbonyl (C=O) groups excluding carboxylic acids is 1. The van der Waals surface area contributed by atoms with Crippen molar-refractivity contribution < 1.29 is 14.7 Å². The molecule has 0 aromatic carbocycles. The lowest BCUT2D eigenvalue weighted by molar-refractivity contribution is -0.147. The van der Waals surface area contributed by atoms with Crippen molar-refractivity contribution >= 4 is 23.6 Å². The van der Waals surface area contributed by atoms with Crippen LogP contribution in [0.2, 0.25) is 0 Å². The zero-order valence-electron chi connectivity index (χ0n) is 11.8. The number of carbonyl (C=O) groups is 2. The van der Waals surface area contributed by atoms with Crippen molar-refractivity contribution in [3.63, 3.8) is 0 Å². The highest BCUT2D eigenvalue weighted by atomic mass is 32.2. The number of amides is 1. The summed E-state index contributed by atoms with van der Waals surface area (Å²) in [6, 6.07) is 0. The Morgan fingerprint density at radius 1 is 1.33 bits per heavy atom. The Morgan fingerprint density at radius 2 is 1.94 bits per heavy atom. The SMILES string of the molecule is CCCCSC(C)C(=O)NC(C)(CCC)C(=O)O. The molecule has 0 rings (SSSR count). The number of carboxylic acids is 1. The van der Waals surface area contributed by atoms with Gasteiger partial charge in [0.05, 0.1) is 5.25 Å². The molecule has 0 aliphatic heterocycles. The van der Waals surface area contributed by atoms with E-state index in [4.69, 9.17) is 0 Å². The Kier molecular flexibility index (Phi) is 8.07. The van der Waals surface area contributed by atoms with Gasteiger partial charge in [-0.15, -0.1) is 11.8 Å². The van der Waals surface area contributed by atoms with Gasteiger partial charge in [0.1, 0.15) is 5.54 Å². The number of nitrogens with one attached hydrogen (secondary N) is 1. The summed E-state index contributed by atoms with van der Waals surface area (Å²) < 4.78 is 0. The van der Waals surface area contributed by atoms with E-state index in [0.29, 0.717) is 6.42 Å². The summed E-state index contributed by atoms with van der Waals surface area (Å²) in [5.74, 6) is -0.222. The van der Waals surface area contributed by atoms with Gasteiger partial charge < -0.3 is 10.4 Å². The molecule has 0 saturated carbocycles. The second kappa shape index (κ2) is 8.40. The summed E-state index contributed by atoms with van der Waals surface area (Å²) in [5.41, 5.74) is -1.15. The second-order valence-electron chi connectivity index (χ2n) is 4.74. The van der Waals surface area contributed by atoms with Gasteiger partial charge in [-0.2, -0.15) is 0 Å². The molecule has 0 saturated heterocycles. The minimum absolute atomic E-state index is 0.186. The normalized spacial score (nSPS) is 15.8. The van der Waals surface area contributed by atoms with Crippen molar-refractivity contribution in [3.8, 4) is 0 Å². The Hall–Kier alpha value is -0.710. The highest BCUT2D eigenvalue weighted by molar-refractivity contribution is 8.00. The van der Waals surface area contributed by atoms with Crippen LogP contribution in [0.5, 0.6) is 0 Å². The largest absolute Gasteiger partial charge is 0.480 e. The lowest BCUT2D eigenvalue weighted by Gasteiger charge is -2.27. The molecule has 0 radical (unpaired) electrons. The number of unbranched alkanes of at least 4 members (excludes halogenated alkanes) is 1. The van der Waals surface area contributed by atoms with Crippen LogP contribution in [0.3, 0.4) is 0 Å². The van der Waals surface area contributed by atoms with E-state index in [2.05, 4.69) is 12.2 Å². The zero-order valence-corrected chi connectivity index (χ0v) is 12.6. The molecule has 0 aromatic heterocycles. The first kappa shape index (κ1) is 17.3. The molecule has 4 nitrogen and oxygen atoms in total. The van der Waals surface area contributed by atoms with Crippen LogP contribution in [0.4, 0.5) is 0 Å². The molecule has 5 heteroatoms. The van der Waals surface area contributed by atoms with Gasteiger partial charge >= 0.3 is 5.97 Å². The third-order valence-electron chi connectivity index (χ3n) is 2.86. The first-order chi connectivity index (χ1) is 8.37. The number of rotatable bonds is 9. The van der Waals surface area contributed by atoms with E-state index in [9.17, 15) is 14.7 Å². The van der Waals surface area contributed by atoms with E-state index in [-0.39, 0.29) is 11.2 Å². The highest BCUT2D eigenvalue weighted by Gasteiger charge is 2.34. The molecule has 0 fully saturated rings. The van der Waals surface area contributed by atoms with Gasteiger partial charge in [0, 0.05) is 0 Å². The molecule has 0 aliphatic rings. The summed E-state index contributed by atoms with van der Waals surface area (Å²) in [6.45, 7) is 7.41. The number of thioether (sulfide) groups is 1. The third kappa shape index (κ3) is 5.76. The number of aliphatic carboxylic acids is 1. The van der Waals surface area contributed by atoms with Gasteiger partial charge in [-0.25, -0.2) is 4.79 Å². The molecule has 2 N–H and O–H groups in total. The van der Waals surface area contributed by atoms with Gasteiger partial charge in [-0.1, -0.05) is 26.7 Å². The molecule has 106 valence electrons.